The van der Waals surface area contributed by atoms with Crippen molar-refractivity contribution < 1.29 is 4.79 Å². The second-order valence-electron chi connectivity index (χ2n) is 6.79. The number of thioether (sulfide) groups is 1. The van der Waals surface area contributed by atoms with Gasteiger partial charge in [0.2, 0.25) is 5.91 Å². The highest BCUT2D eigenvalue weighted by Gasteiger charge is 2.19. The van der Waals surface area contributed by atoms with Crippen LogP contribution >= 0.6 is 11.8 Å². The molecule has 0 spiro atoms. The van der Waals surface area contributed by atoms with Gasteiger partial charge in [0.05, 0.1) is 11.8 Å². The minimum atomic E-state index is 0.0153. The summed E-state index contributed by atoms with van der Waals surface area (Å²) in [5.74, 6) is 0.670. The van der Waals surface area contributed by atoms with Crippen LogP contribution in [0.25, 0.3) is 0 Å². The van der Waals surface area contributed by atoms with E-state index in [9.17, 15) is 4.79 Å². The standard InChI is InChI=1S/C19H28N4OS/c1-6-15-7-9-16(10-8-15)18(13(2)3)21-17(24)11-25-19-22-20-12-23(19)14(4)5/h7-10,12-14,18H,6,11H2,1-5H3,(H,21,24). The molecule has 0 aliphatic heterocycles. The van der Waals surface area contributed by atoms with E-state index in [1.807, 2.05) is 4.57 Å². The Labute approximate surface area is 154 Å². The molecule has 1 N–H and O–H groups in total. The van der Waals surface area contributed by atoms with Crippen LogP contribution in [0.1, 0.15) is 57.8 Å². The van der Waals surface area contributed by atoms with Crippen LogP contribution in [-0.2, 0) is 11.2 Å². The minimum absolute atomic E-state index is 0.0153. The van der Waals surface area contributed by atoms with Crippen molar-refractivity contribution in [2.75, 3.05) is 5.75 Å². The quantitative estimate of drug-likeness (QED) is 0.722. The molecule has 0 bridgehead atoms. The Hall–Kier alpha value is -1.82. The summed E-state index contributed by atoms with van der Waals surface area (Å²) in [6.07, 6.45) is 2.73. The molecule has 1 amide bonds. The second-order valence-corrected chi connectivity index (χ2v) is 7.73. The summed E-state index contributed by atoms with van der Waals surface area (Å²) in [4.78, 5) is 12.4. The number of nitrogens with one attached hydrogen (secondary N) is 1. The van der Waals surface area contributed by atoms with Crippen molar-refractivity contribution in [3.63, 3.8) is 0 Å². The molecule has 25 heavy (non-hydrogen) atoms. The van der Waals surface area contributed by atoms with Gasteiger partial charge in [-0.15, -0.1) is 10.2 Å². The van der Waals surface area contributed by atoms with Crippen molar-refractivity contribution in [1.29, 1.82) is 0 Å². The molecule has 0 saturated heterocycles. The highest BCUT2D eigenvalue weighted by Crippen LogP contribution is 2.23. The van der Waals surface area contributed by atoms with Crippen molar-refractivity contribution >= 4 is 17.7 Å². The zero-order valence-corrected chi connectivity index (χ0v) is 16.5. The van der Waals surface area contributed by atoms with Gasteiger partial charge in [0.1, 0.15) is 6.33 Å². The van der Waals surface area contributed by atoms with Gasteiger partial charge in [0.25, 0.3) is 0 Å². The number of aromatic nitrogens is 3. The number of aryl methyl sites for hydroxylation is 1. The third-order valence-electron chi connectivity index (χ3n) is 4.16. The second kappa shape index (κ2) is 9.04. The van der Waals surface area contributed by atoms with Crippen LogP contribution in [-0.4, -0.2) is 26.4 Å². The van der Waals surface area contributed by atoms with E-state index in [1.165, 1.54) is 17.3 Å². The maximum atomic E-state index is 12.4. The first kappa shape index (κ1) is 19.5. The molecule has 0 aliphatic rings. The van der Waals surface area contributed by atoms with Crippen LogP contribution in [0.3, 0.4) is 0 Å². The van der Waals surface area contributed by atoms with Gasteiger partial charge < -0.3 is 9.88 Å². The fraction of sp³-hybridized carbons (Fsp3) is 0.526. The maximum Gasteiger partial charge on any atom is 0.230 e. The summed E-state index contributed by atoms with van der Waals surface area (Å²) in [5.41, 5.74) is 2.46. The van der Waals surface area contributed by atoms with E-state index in [1.54, 1.807) is 6.33 Å². The van der Waals surface area contributed by atoms with Gasteiger partial charge in [-0.25, -0.2) is 0 Å². The number of amides is 1. The lowest BCUT2D eigenvalue weighted by Gasteiger charge is -2.23. The molecule has 1 unspecified atom stereocenters. The highest BCUT2D eigenvalue weighted by atomic mass is 32.2. The van der Waals surface area contributed by atoms with E-state index in [0.29, 0.717) is 11.7 Å². The zero-order chi connectivity index (χ0) is 18.4. The molecule has 1 heterocycles. The summed E-state index contributed by atoms with van der Waals surface area (Å²) in [5, 5.41) is 12.0. The van der Waals surface area contributed by atoms with E-state index >= 15 is 0 Å². The molecule has 0 aliphatic carbocycles. The molecule has 6 heteroatoms. The number of benzene rings is 1. The molecular weight excluding hydrogens is 332 g/mol. The normalized spacial score (nSPS) is 12.6. The maximum absolute atomic E-state index is 12.4. The lowest BCUT2D eigenvalue weighted by Crippen LogP contribution is -2.33. The van der Waals surface area contributed by atoms with Crippen molar-refractivity contribution in [2.24, 2.45) is 5.92 Å². The summed E-state index contributed by atoms with van der Waals surface area (Å²) in [6, 6.07) is 8.80. The minimum Gasteiger partial charge on any atom is -0.348 e. The van der Waals surface area contributed by atoms with E-state index in [2.05, 4.69) is 74.4 Å². The largest absolute Gasteiger partial charge is 0.348 e. The predicted octanol–water partition coefficient (Wildman–Crippen LogP) is 4.03. The smallest absolute Gasteiger partial charge is 0.230 e. The summed E-state index contributed by atoms with van der Waals surface area (Å²) in [7, 11) is 0. The summed E-state index contributed by atoms with van der Waals surface area (Å²) >= 11 is 1.42. The summed E-state index contributed by atoms with van der Waals surface area (Å²) in [6.45, 7) is 10.5. The third-order valence-corrected chi connectivity index (χ3v) is 5.12. The Bertz CT molecular complexity index is 679. The molecule has 5 nitrogen and oxygen atoms in total. The van der Waals surface area contributed by atoms with Gasteiger partial charge in [-0.1, -0.05) is 56.8 Å². The molecule has 1 aromatic carbocycles. The van der Waals surface area contributed by atoms with Gasteiger partial charge in [-0.2, -0.15) is 0 Å². The van der Waals surface area contributed by atoms with E-state index in [0.717, 1.165) is 17.1 Å². The molecule has 0 radical (unpaired) electrons. The van der Waals surface area contributed by atoms with Crippen LogP contribution in [0, 0.1) is 5.92 Å². The van der Waals surface area contributed by atoms with Gasteiger partial charge in [0, 0.05) is 6.04 Å². The lowest BCUT2D eigenvalue weighted by atomic mass is 9.95. The number of carbonyl (C=O) groups excluding carboxylic acids is 1. The molecule has 1 atom stereocenters. The first-order chi connectivity index (χ1) is 11.9. The Morgan fingerprint density at radius 3 is 2.44 bits per heavy atom. The first-order valence-electron chi connectivity index (χ1n) is 8.82. The molecule has 0 saturated carbocycles. The van der Waals surface area contributed by atoms with Crippen LogP contribution in [0.4, 0.5) is 0 Å². The Morgan fingerprint density at radius 2 is 1.88 bits per heavy atom. The average Bonchev–Trinajstić information content (AvgIpc) is 3.06. The molecule has 0 fully saturated rings. The van der Waals surface area contributed by atoms with Crippen LogP contribution in [0.5, 0.6) is 0 Å². The van der Waals surface area contributed by atoms with Crippen molar-refractivity contribution in [3.8, 4) is 0 Å². The number of hydrogen-bond donors (Lipinski definition) is 1. The fourth-order valence-electron chi connectivity index (χ4n) is 2.63. The number of hydrogen-bond acceptors (Lipinski definition) is 4. The topological polar surface area (TPSA) is 59.8 Å². The zero-order valence-electron chi connectivity index (χ0n) is 15.7. The van der Waals surface area contributed by atoms with Gasteiger partial charge in [-0.05, 0) is 37.3 Å². The number of nitrogens with zero attached hydrogens (tertiary/aromatic N) is 3. The Kier molecular flexibility index (Phi) is 7.05. The van der Waals surface area contributed by atoms with E-state index in [4.69, 9.17) is 0 Å². The Balaban J connectivity index is 1.99. The average molecular weight is 361 g/mol. The summed E-state index contributed by atoms with van der Waals surface area (Å²) < 4.78 is 1.97. The number of rotatable bonds is 8. The lowest BCUT2D eigenvalue weighted by molar-refractivity contribution is -0.119. The highest BCUT2D eigenvalue weighted by molar-refractivity contribution is 7.99. The monoisotopic (exact) mass is 360 g/mol. The van der Waals surface area contributed by atoms with E-state index < -0.39 is 0 Å². The number of carbonyl (C=O) groups is 1. The predicted molar refractivity (Wildman–Crippen MR) is 103 cm³/mol. The SMILES string of the molecule is CCc1ccc(C(NC(=O)CSc2nncn2C(C)C)C(C)C)cc1. The van der Waals surface area contributed by atoms with Gasteiger partial charge in [-0.3, -0.25) is 4.79 Å². The molecule has 2 aromatic rings. The molecular formula is C19H28N4OS. The van der Waals surface area contributed by atoms with E-state index in [-0.39, 0.29) is 18.0 Å². The van der Waals surface area contributed by atoms with Crippen LogP contribution < -0.4 is 5.32 Å². The first-order valence-corrected chi connectivity index (χ1v) is 9.81. The molecule has 1 aromatic heterocycles. The van der Waals surface area contributed by atoms with Crippen molar-refractivity contribution in [3.05, 3.63) is 41.7 Å². The van der Waals surface area contributed by atoms with Crippen LogP contribution in [0.15, 0.2) is 35.7 Å². The van der Waals surface area contributed by atoms with Gasteiger partial charge in [0.15, 0.2) is 5.16 Å². The molecule has 136 valence electrons. The molecule has 2 rings (SSSR count). The fourth-order valence-corrected chi connectivity index (χ4v) is 3.49. The van der Waals surface area contributed by atoms with Crippen molar-refractivity contribution in [2.45, 2.75) is 58.3 Å². The Morgan fingerprint density at radius 1 is 1.20 bits per heavy atom. The third kappa shape index (κ3) is 5.33. The van der Waals surface area contributed by atoms with Crippen LogP contribution in [0.2, 0.25) is 0 Å². The van der Waals surface area contributed by atoms with Gasteiger partial charge >= 0.3 is 0 Å². The van der Waals surface area contributed by atoms with Crippen molar-refractivity contribution in [1.82, 2.24) is 20.1 Å².